The Labute approximate surface area is 137 Å². The highest BCUT2D eigenvalue weighted by Gasteiger charge is 2.29. The van der Waals surface area contributed by atoms with Crippen molar-refractivity contribution in [2.45, 2.75) is 38.8 Å². The van der Waals surface area contributed by atoms with E-state index in [-0.39, 0.29) is 11.9 Å². The molecule has 1 N–H and O–H groups in total. The zero-order valence-electron chi connectivity index (χ0n) is 12.2. The summed E-state index contributed by atoms with van der Waals surface area (Å²) in [5.74, 6) is 0.375. The summed E-state index contributed by atoms with van der Waals surface area (Å²) in [6, 6.07) is 6.60. The Kier molecular flexibility index (Phi) is 4.22. The van der Waals surface area contributed by atoms with E-state index in [9.17, 15) is 4.79 Å². The maximum absolute atomic E-state index is 12.7. The zero-order chi connectivity index (χ0) is 15.0. The first kappa shape index (κ1) is 14.9. The van der Waals surface area contributed by atoms with Crippen molar-refractivity contribution in [3.63, 3.8) is 0 Å². The summed E-state index contributed by atoms with van der Waals surface area (Å²) in [5, 5.41) is 5.26. The fourth-order valence-corrected chi connectivity index (χ4v) is 3.92. The molecule has 1 fully saturated rings. The lowest BCUT2D eigenvalue weighted by atomic mass is 10.0. The summed E-state index contributed by atoms with van der Waals surface area (Å²) < 4.78 is 3.07. The van der Waals surface area contributed by atoms with Gasteiger partial charge in [0.1, 0.15) is 5.69 Å². The van der Waals surface area contributed by atoms with Gasteiger partial charge in [-0.25, -0.2) is 0 Å². The molecule has 0 saturated heterocycles. The topological polar surface area (TPSA) is 34.0 Å². The van der Waals surface area contributed by atoms with Crippen LogP contribution in [0.5, 0.6) is 0 Å². The lowest BCUT2D eigenvalue weighted by Gasteiger charge is -2.21. The number of rotatable bonds is 5. The van der Waals surface area contributed by atoms with Gasteiger partial charge in [0, 0.05) is 21.6 Å². The predicted octanol–water partition coefficient (Wildman–Crippen LogP) is 4.77. The fraction of sp³-hybridized carbons (Fsp3) is 0.438. The monoisotopic (exact) mass is 366 g/mol. The Morgan fingerprint density at radius 3 is 2.81 bits per heavy atom. The second-order valence-electron chi connectivity index (χ2n) is 5.89. The van der Waals surface area contributed by atoms with Crippen LogP contribution in [0.15, 0.2) is 34.2 Å². The Bertz CT molecular complexity index is 629. The first-order chi connectivity index (χ1) is 10.1. The number of nitrogens with zero attached hydrogens (tertiary/aromatic N) is 1. The Morgan fingerprint density at radius 1 is 1.48 bits per heavy atom. The van der Waals surface area contributed by atoms with Gasteiger partial charge in [0.25, 0.3) is 5.91 Å². The lowest BCUT2D eigenvalue weighted by Crippen LogP contribution is -2.32. The second kappa shape index (κ2) is 5.97. The van der Waals surface area contributed by atoms with E-state index in [1.54, 1.807) is 11.3 Å². The molecule has 3 nitrogen and oxygen atoms in total. The first-order valence-corrected chi connectivity index (χ1v) is 8.95. The van der Waals surface area contributed by atoms with Gasteiger partial charge in [-0.3, -0.25) is 4.79 Å². The summed E-state index contributed by atoms with van der Waals surface area (Å²) in [6.07, 6.45) is 4.35. The number of halogens is 1. The van der Waals surface area contributed by atoms with E-state index in [4.69, 9.17) is 0 Å². The predicted molar refractivity (Wildman–Crippen MR) is 89.8 cm³/mol. The van der Waals surface area contributed by atoms with E-state index < -0.39 is 0 Å². The third-order valence-electron chi connectivity index (χ3n) is 3.79. The molecule has 2 aromatic rings. The van der Waals surface area contributed by atoms with Crippen LogP contribution in [0.4, 0.5) is 0 Å². The highest BCUT2D eigenvalue weighted by Crippen LogP contribution is 2.37. The summed E-state index contributed by atoms with van der Waals surface area (Å²) >= 11 is 5.18. The van der Waals surface area contributed by atoms with Gasteiger partial charge < -0.3 is 9.88 Å². The zero-order valence-corrected chi connectivity index (χ0v) is 14.6. The number of amides is 1. The van der Waals surface area contributed by atoms with Crippen molar-refractivity contribution in [3.05, 3.63) is 44.8 Å². The molecule has 0 aliphatic heterocycles. The molecule has 0 bridgehead atoms. The van der Waals surface area contributed by atoms with Gasteiger partial charge >= 0.3 is 0 Å². The molecule has 0 spiro atoms. The van der Waals surface area contributed by atoms with Crippen LogP contribution in [0.1, 0.15) is 54.1 Å². The smallest absolute Gasteiger partial charge is 0.268 e. The van der Waals surface area contributed by atoms with Crippen LogP contribution in [-0.4, -0.2) is 10.5 Å². The molecule has 1 amide bonds. The quantitative estimate of drug-likeness (QED) is 0.811. The van der Waals surface area contributed by atoms with E-state index in [0.29, 0.717) is 12.0 Å². The van der Waals surface area contributed by atoms with Gasteiger partial charge in [-0.2, -0.15) is 0 Å². The number of nitrogens with one attached hydrogen (secondary N) is 1. The molecule has 2 aromatic heterocycles. The number of thiophene rings is 1. The van der Waals surface area contributed by atoms with Crippen LogP contribution in [0, 0.1) is 5.92 Å². The minimum absolute atomic E-state index is 0.0136. The van der Waals surface area contributed by atoms with Crippen molar-refractivity contribution in [2.24, 2.45) is 5.92 Å². The van der Waals surface area contributed by atoms with Crippen LogP contribution in [0.25, 0.3) is 0 Å². The molecule has 3 rings (SSSR count). The Hall–Kier alpha value is -1.07. The van der Waals surface area contributed by atoms with Crippen molar-refractivity contribution < 1.29 is 4.79 Å². The van der Waals surface area contributed by atoms with Crippen LogP contribution in [0.3, 0.4) is 0 Å². The molecule has 1 unspecified atom stereocenters. The lowest BCUT2D eigenvalue weighted by molar-refractivity contribution is 0.0917. The molecule has 0 radical (unpaired) electrons. The van der Waals surface area contributed by atoms with E-state index in [1.165, 1.54) is 17.7 Å². The summed E-state index contributed by atoms with van der Waals surface area (Å²) in [7, 11) is 0. The van der Waals surface area contributed by atoms with Crippen LogP contribution >= 0.6 is 27.3 Å². The summed E-state index contributed by atoms with van der Waals surface area (Å²) in [4.78, 5) is 13.9. The van der Waals surface area contributed by atoms with Crippen molar-refractivity contribution in [1.82, 2.24) is 9.88 Å². The molecule has 2 heterocycles. The maximum atomic E-state index is 12.7. The average Bonchev–Trinajstić information content (AvgIpc) is 2.99. The normalized spacial score (nSPS) is 16.2. The Morgan fingerprint density at radius 2 is 2.24 bits per heavy atom. The Balaban J connectivity index is 1.81. The van der Waals surface area contributed by atoms with Crippen molar-refractivity contribution in [3.8, 4) is 0 Å². The van der Waals surface area contributed by atoms with Crippen LogP contribution in [0.2, 0.25) is 0 Å². The first-order valence-electron chi connectivity index (χ1n) is 7.28. The number of hydrogen-bond donors (Lipinski definition) is 1. The molecule has 1 saturated carbocycles. The maximum Gasteiger partial charge on any atom is 0.268 e. The van der Waals surface area contributed by atoms with Gasteiger partial charge in [-0.15, -0.1) is 11.3 Å². The number of carbonyl (C=O) groups is 1. The van der Waals surface area contributed by atoms with E-state index >= 15 is 0 Å². The number of hydrogen-bond acceptors (Lipinski definition) is 2. The van der Waals surface area contributed by atoms with E-state index in [2.05, 4.69) is 51.1 Å². The summed E-state index contributed by atoms with van der Waals surface area (Å²) in [5.41, 5.74) is 0.756. The van der Waals surface area contributed by atoms with Gasteiger partial charge in [0.05, 0.1) is 6.04 Å². The third-order valence-corrected chi connectivity index (χ3v) is 5.18. The number of aromatic nitrogens is 1. The van der Waals surface area contributed by atoms with E-state index in [0.717, 1.165) is 10.2 Å². The highest BCUT2D eigenvalue weighted by atomic mass is 79.9. The molecule has 21 heavy (non-hydrogen) atoms. The standard InChI is InChI=1S/C16H19BrN2OS/c1-10(2)15(14-4-3-7-21-14)18-16(20)13-8-11(17)9-19(13)12-5-6-12/h3-4,7-10,12,15H,5-6H2,1-2H3,(H,18,20). The van der Waals surface area contributed by atoms with Crippen molar-refractivity contribution >= 4 is 33.2 Å². The van der Waals surface area contributed by atoms with Crippen molar-refractivity contribution in [1.29, 1.82) is 0 Å². The summed E-state index contributed by atoms with van der Waals surface area (Å²) in [6.45, 7) is 4.28. The third kappa shape index (κ3) is 3.24. The van der Waals surface area contributed by atoms with E-state index in [1.807, 2.05) is 18.3 Å². The minimum Gasteiger partial charge on any atom is -0.343 e. The SMILES string of the molecule is CC(C)C(NC(=O)c1cc(Br)cn1C1CC1)c1cccs1. The molecule has 0 aromatic carbocycles. The molecule has 1 atom stereocenters. The molecule has 112 valence electrons. The second-order valence-corrected chi connectivity index (χ2v) is 7.79. The molecular formula is C16H19BrN2OS. The minimum atomic E-state index is 0.0136. The molecule has 1 aliphatic carbocycles. The fourth-order valence-electron chi connectivity index (χ4n) is 2.53. The molecule has 5 heteroatoms. The number of carbonyl (C=O) groups excluding carboxylic acids is 1. The highest BCUT2D eigenvalue weighted by molar-refractivity contribution is 9.10. The van der Waals surface area contributed by atoms with Gasteiger partial charge in [-0.05, 0) is 52.2 Å². The van der Waals surface area contributed by atoms with Crippen LogP contribution in [-0.2, 0) is 0 Å². The largest absolute Gasteiger partial charge is 0.343 e. The molecule has 1 aliphatic rings. The average molecular weight is 367 g/mol. The van der Waals surface area contributed by atoms with Gasteiger partial charge in [0.2, 0.25) is 0 Å². The van der Waals surface area contributed by atoms with Crippen molar-refractivity contribution in [2.75, 3.05) is 0 Å². The van der Waals surface area contributed by atoms with Gasteiger partial charge in [-0.1, -0.05) is 19.9 Å². The molecular weight excluding hydrogens is 348 g/mol. The van der Waals surface area contributed by atoms with Crippen LogP contribution < -0.4 is 5.32 Å². The van der Waals surface area contributed by atoms with Gasteiger partial charge in [0.15, 0.2) is 0 Å².